The number of nitrogens with zero attached hydrogens (tertiary/aromatic N) is 1. The first-order valence-electron chi connectivity index (χ1n) is 5.31. The number of benzene rings is 2. The van der Waals surface area contributed by atoms with Crippen LogP contribution in [0.3, 0.4) is 0 Å². The minimum atomic E-state index is 0.247. The second-order valence-corrected chi connectivity index (χ2v) is 4.29. The summed E-state index contributed by atoms with van der Waals surface area (Å²) < 4.78 is 1.97. The van der Waals surface area contributed by atoms with Crippen LogP contribution < -0.4 is 0 Å². The number of rotatable bonds is 1. The van der Waals surface area contributed by atoms with Crippen molar-refractivity contribution in [2.45, 2.75) is 0 Å². The van der Waals surface area contributed by atoms with E-state index in [4.69, 9.17) is 11.6 Å². The van der Waals surface area contributed by atoms with Gasteiger partial charge in [-0.05, 0) is 18.2 Å². The van der Waals surface area contributed by atoms with E-state index in [1.54, 1.807) is 12.1 Å². The van der Waals surface area contributed by atoms with Crippen LogP contribution in [0.2, 0.25) is 5.02 Å². The molecule has 0 amide bonds. The zero-order valence-electron chi connectivity index (χ0n) is 8.97. The number of fused-ring (bicyclic) bond motifs is 1. The summed E-state index contributed by atoms with van der Waals surface area (Å²) in [5.74, 6) is 0.247. The molecular weight excluding hydrogens is 234 g/mol. The number of hydrogen-bond acceptors (Lipinski definition) is 1. The van der Waals surface area contributed by atoms with E-state index in [9.17, 15) is 5.11 Å². The SMILES string of the molecule is Oc1cccc(-n2cc(Cl)c3ccccc32)c1. The highest BCUT2D eigenvalue weighted by atomic mass is 35.5. The van der Waals surface area contributed by atoms with Crippen LogP contribution in [0.25, 0.3) is 16.6 Å². The highest BCUT2D eigenvalue weighted by molar-refractivity contribution is 6.35. The molecule has 3 heteroatoms. The van der Waals surface area contributed by atoms with Crippen molar-refractivity contribution in [3.63, 3.8) is 0 Å². The average Bonchev–Trinajstić information content (AvgIpc) is 2.68. The molecule has 17 heavy (non-hydrogen) atoms. The van der Waals surface area contributed by atoms with Gasteiger partial charge in [0, 0.05) is 23.3 Å². The summed E-state index contributed by atoms with van der Waals surface area (Å²) in [6, 6.07) is 15.0. The number of halogens is 1. The van der Waals surface area contributed by atoms with Crippen molar-refractivity contribution < 1.29 is 5.11 Å². The lowest BCUT2D eigenvalue weighted by Gasteiger charge is -2.05. The van der Waals surface area contributed by atoms with E-state index >= 15 is 0 Å². The summed E-state index contributed by atoms with van der Waals surface area (Å²) in [4.78, 5) is 0. The van der Waals surface area contributed by atoms with Gasteiger partial charge in [0.15, 0.2) is 0 Å². The molecule has 0 fully saturated rings. The molecule has 0 saturated carbocycles. The summed E-state index contributed by atoms with van der Waals surface area (Å²) >= 11 is 6.18. The fourth-order valence-electron chi connectivity index (χ4n) is 1.99. The van der Waals surface area contributed by atoms with Crippen LogP contribution in [0.4, 0.5) is 0 Å². The Morgan fingerprint density at radius 2 is 1.82 bits per heavy atom. The lowest BCUT2D eigenvalue weighted by molar-refractivity contribution is 0.475. The molecule has 0 bridgehead atoms. The van der Waals surface area contributed by atoms with E-state index in [1.165, 1.54) is 0 Å². The summed E-state index contributed by atoms with van der Waals surface area (Å²) in [6.45, 7) is 0. The largest absolute Gasteiger partial charge is 0.508 e. The number of aromatic nitrogens is 1. The van der Waals surface area contributed by atoms with Crippen molar-refractivity contribution in [2.24, 2.45) is 0 Å². The Morgan fingerprint density at radius 3 is 2.65 bits per heavy atom. The molecule has 3 rings (SSSR count). The smallest absolute Gasteiger partial charge is 0.117 e. The van der Waals surface area contributed by atoms with Crippen LogP contribution in [-0.2, 0) is 0 Å². The number of hydrogen-bond donors (Lipinski definition) is 1. The Morgan fingerprint density at radius 1 is 1.00 bits per heavy atom. The lowest BCUT2D eigenvalue weighted by Crippen LogP contribution is -1.90. The van der Waals surface area contributed by atoms with Crippen molar-refractivity contribution in [2.75, 3.05) is 0 Å². The summed E-state index contributed by atoms with van der Waals surface area (Å²) in [7, 11) is 0. The van der Waals surface area contributed by atoms with Crippen LogP contribution in [0.1, 0.15) is 0 Å². The van der Waals surface area contributed by atoms with E-state index < -0.39 is 0 Å². The van der Waals surface area contributed by atoms with E-state index in [2.05, 4.69) is 0 Å². The van der Waals surface area contributed by atoms with Gasteiger partial charge in [-0.1, -0.05) is 35.9 Å². The predicted molar refractivity (Wildman–Crippen MR) is 69.9 cm³/mol. The first-order chi connectivity index (χ1) is 8.25. The molecule has 0 atom stereocenters. The molecule has 3 aromatic rings. The molecule has 0 aliphatic carbocycles. The molecule has 2 nitrogen and oxygen atoms in total. The van der Waals surface area contributed by atoms with Gasteiger partial charge in [0.2, 0.25) is 0 Å². The Hall–Kier alpha value is -1.93. The maximum atomic E-state index is 9.51. The third-order valence-corrected chi connectivity index (χ3v) is 3.07. The number of para-hydroxylation sites is 1. The monoisotopic (exact) mass is 243 g/mol. The molecule has 0 aliphatic heterocycles. The molecule has 0 saturated heterocycles. The number of phenolic OH excluding ortho intramolecular Hbond substituents is 1. The van der Waals surface area contributed by atoms with Gasteiger partial charge in [0.05, 0.1) is 10.5 Å². The fourth-order valence-corrected chi connectivity index (χ4v) is 2.25. The minimum Gasteiger partial charge on any atom is -0.508 e. The first-order valence-corrected chi connectivity index (χ1v) is 5.68. The molecule has 1 heterocycles. The molecule has 1 N–H and O–H groups in total. The second kappa shape index (κ2) is 3.82. The van der Waals surface area contributed by atoms with Gasteiger partial charge < -0.3 is 9.67 Å². The Balaban J connectivity index is 2.31. The standard InChI is InChI=1S/C14H10ClNO/c15-13-9-16(10-4-3-5-11(17)8-10)14-7-2-1-6-12(13)14/h1-9,17H. The van der Waals surface area contributed by atoms with Gasteiger partial charge in [-0.3, -0.25) is 0 Å². The highest BCUT2D eigenvalue weighted by Gasteiger charge is 2.07. The molecule has 0 spiro atoms. The number of aromatic hydroxyl groups is 1. The van der Waals surface area contributed by atoms with Gasteiger partial charge in [0.25, 0.3) is 0 Å². The topological polar surface area (TPSA) is 25.2 Å². The first kappa shape index (κ1) is 10.2. The fraction of sp³-hybridized carbons (Fsp3) is 0. The zero-order chi connectivity index (χ0) is 11.8. The second-order valence-electron chi connectivity index (χ2n) is 3.88. The normalized spacial score (nSPS) is 10.9. The molecule has 2 aromatic carbocycles. The van der Waals surface area contributed by atoms with Gasteiger partial charge in [-0.15, -0.1) is 0 Å². The summed E-state index contributed by atoms with van der Waals surface area (Å²) in [6.07, 6.45) is 1.86. The Kier molecular flexibility index (Phi) is 2.30. The highest BCUT2D eigenvalue weighted by Crippen LogP contribution is 2.29. The van der Waals surface area contributed by atoms with Gasteiger partial charge >= 0.3 is 0 Å². The molecule has 84 valence electrons. The predicted octanol–water partition coefficient (Wildman–Crippen LogP) is 3.99. The van der Waals surface area contributed by atoms with Crippen LogP contribution in [0, 0.1) is 0 Å². The van der Waals surface area contributed by atoms with Crippen LogP contribution in [0.5, 0.6) is 5.75 Å². The summed E-state index contributed by atoms with van der Waals surface area (Å²) in [5, 5.41) is 11.2. The zero-order valence-corrected chi connectivity index (χ0v) is 9.72. The number of phenols is 1. The third-order valence-electron chi connectivity index (χ3n) is 2.77. The maximum absolute atomic E-state index is 9.51. The van der Waals surface area contributed by atoms with Gasteiger partial charge in [0.1, 0.15) is 5.75 Å². The van der Waals surface area contributed by atoms with Crippen LogP contribution >= 0.6 is 11.6 Å². The van der Waals surface area contributed by atoms with E-state index in [-0.39, 0.29) is 5.75 Å². The van der Waals surface area contributed by atoms with Gasteiger partial charge in [-0.25, -0.2) is 0 Å². The van der Waals surface area contributed by atoms with Crippen molar-refractivity contribution in [3.05, 3.63) is 59.8 Å². The van der Waals surface area contributed by atoms with E-state index in [1.807, 2.05) is 47.2 Å². The molecule has 0 radical (unpaired) electrons. The molecular formula is C14H10ClNO. The van der Waals surface area contributed by atoms with Crippen LogP contribution in [0.15, 0.2) is 54.7 Å². The molecule has 1 aromatic heterocycles. The Labute approximate surface area is 104 Å². The third kappa shape index (κ3) is 1.67. The van der Waals surface area contributed by atoms with Gasteiger partial charge in [-0.2, -0.15) is 0 Å². The van der Waals surface area contributed by atoms with Crippen molar-refractivity contribution in [3.8, 4) is 11.4 Å². The van der Waals surface area contributed by atoms with Crippen molar-refractivity contribution >= 4 is 22.5 Å². The van der Waals surface area contributed by atoms with E-state index in [0.717, 1.165) is 16.6 Å². The lowest BCUT2D eigenvalue weighted by atomic mass is 10.2. The van der Waals surface area contributed by atoms with Crippen molar-refractivity contribution in [1.29, 1.82) is 0 Å². The van der Waals surface area contributed by atoms with Crippen LogP contribution in [-0.4, -0.2) is 9.67 Å². The Bertz CT molecular complexity index is 688. The molecule has 0 unspecified atom stereocenters. The molecule has 0 aliphatic rings. The average molecular weight is 244 g/mol. The van der Waals surface area contributed by atoms with Crippen molar-refractivity contribution in [1.82, 2.24) is 4.57 Å². The maximum Gasteiger partial charge on any atom is 0.117 e. The van der Waals surface area contributed by atoms with E-state index in [0.29, 0.717) is 5.02 Å². The summed E-state index contributed by atoms with van der Waals surface area (Å²) in [5.41, 5.74) is 1.93. The minimum absolute atomic E-state index is 0.247. The quantitative estimate of drug-likeness (QED) is 0.687.